The van der Waals surface area contributed by atoms with Crippen LogP contribution in [0.2, 0.25) is 0 Å². The average molecular weight is 430 g/mol. The molecule has 1 aromatic heterocycles. The van der Waals surface area contributed by atoms with Gasteiger partial charge in [-0.15, -0.1) is 0 Å². The molecule has 0 bridgehead atoms. The van der Waals surface area contributed by atoms with Crippen molar-refractivity contribution in [2.24, 2.45) is 0 Å². The number of hydrogen-bond donors (Lipinski definition) is 1. The maximum absolute atomic E-state index is 12.6. The SMILES string of the molecule is C[C@@H](OC(=O)c1cccnc1SC(F)F)C(=O)c1ccc(NS(C)(=O)=O)cc1. The zero-order valence-corrected chi connectivity index (χ0v) is 16.4. The van der Waals surface area contributed by atoms with Crippen molar-refractivity contribution in [2.45, 2.75) is 23.8 Å². The maximum Gasteiger partial charge on any atom is 0.341 e. The van der Waals surface area contributed by atoms with Gasteiger partial charge in [-0.1, -0.05) is 0 Å². The fraction of sp³-hybridized carbons (Fsp3) is 0.235. The Bertz CT molecular complexity index is 966. The van der Waals surface area contributed by atoms with E-state index in [9.17, 15) is 26.8 Å². The standard InChI is InChI=1S/C17H16F2N2O5S2/c1-10(14(22)11-5-7-12(8-6-11)21-28(2,24)25)26-16(23)13-4-3-9-20-15(13)27-17(18)19/h3-10,17,21H,1-2H3/t10-/m1/s1. The van der Waals surface area contributed by atoms with Gasteiger partial charge in [0.2, 0.25) is 15.8 Å². The third-order valence-corrected chi connectivity index (χ3v) is 4.65. The van der Waals surface area contributed by atoms with Crippen molar-refractivity contribution in [3.63, 3.8) is 0 Å². The number of sulfonamides is 1. The number of carbonyl (C=O) groups is 2. The number of ether oxygens (including phenoxy) is 1. The van der Waals surface area contributed by atoms with E-state index in [1.807, 2.05) is 0 Å². The molecule has 0 saturated heterocycles. The molecular weight excluding hydrogens is 414 g/mol. The molecule has 1 heterocycles. The van der Waals surface area contributed by atoms with Crippen LogP contribution in [0.1, 0.15) is 27.6 Å². The molecule has 1 atom stereocenters. The van der Waals surface area contributed by atoms with Gasteiger partial charge < -0.3 is 4.74 Å². The van der Waals surface area contributed by atoms with Crippen LogP contribution in [-0.4, -0.2) is 43.3 Å². The topological polar surface area (TPSA) is 102 Å². The molecule has 0 saturated carbocycles. The number of esters is 1. The van der Waals surface area contributed by atoms with E-state index >= 15 is 0 Å². The number of alkyl halides is 2. The quantitative estimate of drug-likeness (QED) is 0.390. The van der Waals surface area contributed by atoms with E-state index in [4.69, 9.17) is 4.74 Å². The zero-order valence-electron chi connectivity index (χ0n) is 14.8. The van der Waals surface area contributed by atoms with Crippen molar-refractivity contribution in [1.82, 2.24) is 4.98 Å². The molecular formula is C17H16F2N2O5S2. The van der Waals surface area contributed by atoms with Crippen LogP contribution in [0.15, 0.2) is 47.6 Å². The van der Waals surface area contributed by atoms with Gasteiger partial charge in [-0.25, -0.2) is 18.2 Å². The molecule has 0 aliphatic heterocycles. The summed E-state index contributed by atoms with van der Waals surface area (Å²) in [5, 5.41) is -0.196. The van der Waals surface area contributed by atoms with Gasteiger partial charge in [0.15, 0.2) is 6.10 Å². The highest BCUT2D eigenvalue weighted by atomic mass is 32.2. The Morgan fingerprint density at radius 3 is 2.39 bits per heavy atom. The molecule has 11 heteroatoms. The van der Waals surface area contributed by atoms with E-state index in [0.717, 1.165) is 6.26 Å². The lowest BCUT2D eigenvalue weighted by molar-refractivity contribution is 0.0314. The second-order valence-corrected chi connectivity index (χ2v) is 8.33. The van der Waals surface area contributed by atoms with Crippen molar-refractivity contribution in [2.75, 3.05) is 11.0 Å². The van der Waals surface area contributed by atoms with Crippen LogP contribution < -0.4 is 4.72 Å². The second kappa shape index (κ2) is 9.11. The van der Waals surface area contributed by atoms with E-state index in [1.165, 1.54) is 49.5 Å². The fourth-order valence-electron chi connectivity index (χ4n) is 2.15. The number of benzene rings is 1. The number of thioether (sulfide) groups is 1. The van der Waals surface area contributed by atoms with Crippen LogP contribution in [-0.2, 0) is 14.8 Å². The minimum atomic E-state index is -3.45. The first-order valence-corrected chi connectivity index (χ1v) is 10.6. The summed E-state index contributed by atoms with van der Waals surface area (Å²) in [6.07, 6.45) is 1.07. The van der Waals surface area contributed by atoms with Gasteiger partial charge in [0.25, 0.3) is 5.76 Å². The minimum absolute atomic E-state index is 0.105. The highest BCUT2D eigenvalue weighted by Gasteiger charge is 2.23. The van der Waals surface area contributed by atoms with Gasteiger partial charge in [0.05, 0.1) is 11.8 Å². The summed E-state index contributed by atoms with van der Waals surface area (Å²) < 4.78 is 54.9. The van der Waals surface area contributed by atoms with E-state index in [2.05, 4.69) is 9.71 Å². The van der Waals surface area contributed by atoms with Crippen molar-refractivity contribution < 1.29 is 31.5 Å². The predicted molar refractivity (Wildman–Crippen MR) is 100 cm³/mol. The molecule has 28 heavy (non-hydrogen) atoms. The van der Waals surface area contributed by atoms with Crippen LogP contribution >= 0.6 is 11.8 Å². The fourth-order valence-corrected chi connectivity index (χ4v) is 3.29. The molecule has 0 fully saturated rings. The number of hydrogen-bond acceptors (Lipinski definition) is 7. The molecule has 2 rings (SSSR count). The van der Waals surface area contributed by atoms with Gasteiger partial charge in [0.1, 0.15) is 5.03 Å². The van der Waals surface area contributed by atoms with Crippen molar-refractivity contribution >= 4 is 39.2 Å². The monoisotopic (exact) mass is 430 g/mol. The molecule has 7 nitrogen and oxygen atoms in total. The van der Waals surface area contributed by atoms with Gasteiger partial charge in [0, 0.05) is 17.4 Å². The lowest BCUT2D eigenvalue weighted by Crippen LogP contribution is -2.25. The smallest absolute Gasteiger partial charge is 0.341 e. The largest absolute Gasteiger partial charge is 0.451 e. The first kappa shape index (κ1) is 21.8. The van der Waals surface area contributed by atoms with E-state index < -0.39 is 33.6 Å². The highest BCUT2D eigenvalue weighted by Crippen LogP contribution is 2.27. The van der Waals surface area contributed by atoms with E-state index in [-0.39, 0.29) is 33.6 Å². The summed E-state index contributed by atoms with van der Waals surface area (Å²) in [6, 6.07) is 8.21. The number of nitrogens with zero attached hydrogens (tertiary/aromatic N) is 1. The lowest BCUT2D eigenvalue weighted by atomic mass is 10.1. The number of halogens is 2. The number of nitrogens with one attached hydrogen (secondary N) is 1. The van der Waals surface area contributed by atoms with Crippen LogP contribution in [0.5, 0.6) is 0 Å². The van der Waals surface area contributed by atoms with Crippen LogP contribution in [0, 0.1) is 0 Å². The number of aromatic nitrogens is 1. The number of carbonyl (C=O) groups excluding carboxylic acids is 2. The molecule has 0 radical (unpaired) electrons. The molecule has 1 aromatic carbocycles. The van der Waals surface area contributed by atoms with Gasteiger partial charge >= 0.3 is 5.97 Å². The molecule has 150 valence electrons. The van der Waals surface area contributed by atoms with Crippen molar-refractivity contribution in [1.29, 1.82) is 0 Å². The summed E-state index contributed by atoms with van der Waals surface area (Å²) in [4.78, 5) is 28.4. The van der Waals surface area contributed by atoms with Crippen LogP contribution in [0.3, 0.4) is 0 Å². The normalized spacial score (nSPS) is 12.5. The Balaban J connectivity index is 2.09. The Morgan fingerprint density at radius 1 is 1.18 bits per heavy atom. The molecule has 0 aliphatic rings. The van der Waals surface area contributed by atoms with Crippen molar-refractivity contribution in [3.8, 4) is 0 Å². The number of Topliss-reactive ketones (excluding diaryl/α,β-unsaturated/α-hetero) is 1. The molecule has 0 unspecified atom stereocenters. The average Bonchev–Trinajstić information content (AvgIpc) is 2.60. The Hall–Kier alpha value is -2.53. The van der Waals surface area contributed by atoms with Gasteiger partial charge in [-0.3, -0.25) is 9.52 Å². The van der Waals surface area contributed by atoms with Crippen LogP contribution in [0.4, 0.5) is 14.5 Å². The Morgan fingerprint density at radius 2 is 1.82 bits per heavy atom. The number of pyridine rings is 1. The molecule has 1 N–H and O–H groups in total. The third kappa shape index (κ3) is 6.27. The third-order valence-electron chi connectivity index (χ3n) is 3.32. The van der Waals surface area contributed by atoms with Gasteiger partial charge in [-0.2, -0.15) is 8.78 Å². The highest BCUT2D eigenvalue weighted by molar-refractivity contribution is 7.99. The van der Waals surface area contributed by atoms with Gasteiger partial charge in [-0.05, 0) is 55.1 Å². The zero-order chi connectivity index (χ0) is 20.9. The Labute approximate surface area is 164 Å². The Kier molecular flexibility index (Phi) is 7.08. The molecule has 0 spiro atoms. The predicted octanol–water partition coefficient (Wildman–Crippen LogP) is 3.20. The van der Waals surface area contributed by atoms with E-state index in [0.29, 0.717) is 0 Å². The van der Waals surface area contributed by atoms with E-state index in [1.54, 1.807) is 0 Å². The summed E-state index contributed by atoms with van der Waals surface area (Å²) in [5.74, 6) is -4.25. The first-order chi connectivity index (χ1) is 13.1. The summed E-state index contributed by atoms with van der Waals surface area (Å²) in [7, 11) is -3.45. The summed E-state index contributed by atoms with van der Waals surface area (Å²) in [6.45, 7) is 1.35. The molecule has 0 amide bonds. The number of rotatable bonds is 8. The molecule has 0 aliphatic carbocycles. The number of anilines is 1. The second-order valence-electron chi connectivity index (χ2n) is 5.60. The number of ketones is 1. The van der Waals surface area contributed by atoms with Crippen LogP contribution in [0.25, 0.3) is 0 Å². The first-order valence-electron chi connectivity index (χ1n) is 7.79. The van der Waals surface area contributed by atoms with Crippen molar-refractivity contribution in [3.05, 3.63) is 53.7 Å². The molecule has 2 aromatic rings. The lowest BCUT2D eigenvalue weighted by Gasteiger charge is -2.14. The summed E-state index contributed by atoms with van der Waals surface area (Å²) in [5.41, 5.74) is 0.292. The minimum Gasteiger partial charge on any atom is -0.451 e. The maximum atomic E-state index is 12.6. The summed E-state index contributed by atoms with van der Waals surface area (Å²) >= 11 is 0.105.